The zero-order valence-corrected chi connectivity index (χ0v) is 17.4. The molecule has 1 unspecified atom stereocenters. The Hall–Kier alpha value is -0.530. The summed E-state index contributed by atoms with van der Waals surface area (Å²) < 4.78 is 0. The van der Waals surface area contributed by atoms with Crippen LogP contribution in [0.1, 0.15) is 52.4 Å². The molecular formula is C18H33IN4O. The van der Waals surface area contributed by atoms with Crippen LogP contribution in [0, 0.1) is 17.8 Å². The van der Waals surface area contributed by atoms with Crippen LogP contribution in [-0.2, 0) is 4.79 Å². The molecule has 24 heavy (non-hydrogen) atoms. The van der Waals surface area contributed by atoms with Crippen LogP contribution in [0.15, 0.2) is 4.99 Å². The SMILES string of the molecule is CCNC(=NCC(C1CC1)C1CC1)NC1CCN(C(=O)CC)C1.I. The Bertz CT molecular complexity index is 436. The maximum atomic E-state index is 11.8. The fourth-order valence-electron chi connectivity index (χ4n) is 3.77. The van der Waals surface area contributed by atoms with Crippen molar-refractivity contribution in [2.24, 2.45) is 22.7 Å². The standard InChI is InChI=1S/C18H32N4O.HI/c1-3-17(23)22-10-9-15(12-22)21-18(19-4-2)20-11-16(13-5-6-13)14-7-8-14;/h13-16H,3-12H2,1-2H3,(H2,19,20,21);1H. The Morgan fingerprint density at radius 1 is 1.17 bits per heavy atom. The number of rotatable bonds is 7. The molecule has 0 aromatic carbocycles. The highest BCUT2D eigenvalue weighted by molar-refractivity contribution is 14.0. The van der Waals surface area contributed by atoms with E-state index < -0.39 is 0 Å². The van der Waals surface area contributed by atoms with Crippen molar-refractivity contribution >= 4 is 35.8 Å². The van der Waals surface area contributed by atoms with Crippen molar-refractivity contribution in [1.82, 2.24) is 15.5 Å². The lowest BCUT2D eigenvalue weighted by atomic mass is 9.98. The number of hydrogen-bond acceptors (Lipinski definition) is 2. The topological polar surface area (TPSA) is 56.7 Å². The van der Waals surface area contributed by atoms with Gasteiger partial charge in [-0.25, -0.2) is 0 Å². The van der Waals surface area contributed by atoms with Crippen LogP contribution in [0.2, 0.25) is 0 Å². The van der Waals surface area contributed by atoms with E-state index in [1.807, 2.05) is 11.8 Å². The number of amides is 1. The first kappa shape index (κ1) is 19.8. The van der Waals surface area contributed by atoms with Gasteiger partial charge in [-0.3, -0.25) is 9.79 Å². The third-order valence-corrected chi connectivity index (χ3v) is 5.44. The smallest absolute Gasteiger partial charge is 0.222 e. The van der Waals surface area contributed by atoms with Gasteiger partial charge < -0.3 is 15.5 Å². The van der Waals surface area contributed by atoms with Gasteiger partial charge in [0.15, 0.2) is 5.96 Å². The van der Waals surface area contributed by atoms with Crippen LogP contribution in [0.5, 0.6) is 0 Å². The van der Waals surface area contributed by atoms with E-state index in [9.17, 15) is 4.79 Å². The van der Waals surface area contributed by atoms with Gasteiger partial charge in [0.2, 0.25) is 5.91 Å². The van der Waals surface area contributed by atoms with Crippen molar-refractivity contribution < 1.29 is 4.79 Å². The van der Waals surface area contributed by atoms with Gasteiger partial charge in [-0.1, -0.05) is 6.92 Å². The normalized spacial score (nSPS) is 24.0. The van der Waals surface area contributed by atoms with Crippen LogP contribution in [0.25, 0.3) is 0 Å². The van der Waals surface area contributed by atoms with E-state index >= 15 is 0 Å². The van der Waals surface area contributed by atoms with E-state index in [4.69, 9.17) is 4.99 Å². The fourth-order valence-corrected chi connectivity index (χ4v) is 3.77. The minimum atomic E-state index is 0. The molecule has 1 amide bonds. The molecule has 0 aromatic rings. The number of guanidine groups is 1. The van der Waals surface area contributed by atoms with Gasteiger partial charge in [-0.05, 0) is 56.8 Å². The second-order valence-corrected chi connectivity index (χ2v) is 7.38. The summed E-state index contributed by atoms with van der Waals surface area (Å²) in [6.07, 6.45) is 7.28. The van der Waals surface area contributed by atoms with E-state index in [0.717, 1.165) is 56.3 Å². The van der Waals surface area contributed by atoms with Crippen LogP contribution >= 0.6 is 24.0 Å². The Kier molecular flexibility index (Phi) is 7.62. The number of carbonyl (C=O) groups excluding carboxylic acids is 1. The molecular weight excluding hydrogens is 415 g/mol. The second kappa shape index (κ2) is 9.25. The molecule has 3 aliphatic rings. The first-order chi connectivity index (χ1) is 11.2. The van der Waals surface area contributed by atoms with Gasteiger partial charge in [0, 0.05) is 38.6 Å². The van der Waals surface area contributed by atoms with Crippen LogP contribution in [0.4, 0.5) is 0 Å². The van der Waals surface area contributed by atoms with Crippen LogP contribution in [-0.4, -0.2) is 49.0 Å². The Balaban J connectivity index is 0.00000208. The monoisotopic (exact) mass is 448 g/mol. The average Bonchev–Trinajstić information content (AvgIpc) is 3.47. The summed E-state index contributed by atoms with van der Waals surface area (Å²) in [4.78, 5) is 18.7. The third-order valence-electron chi connectivity index (χ3n) is 5.44. The van der Waals surface area contributed by atoms with Gasteiger partial charge in [0.25, 0.3) is 0 Å². The number of halogens is 1. The molecule has 3 rings (SSSR count). The molecule has 1 saturated heterocycles. The summed E-state index contributed by atoms with van der Waals surface area (Å²) in [5, 5.41) is 6.92. The Morgan fingerprint density at radius 2 is 1.83 bits per heavy atom. The van der Waals surface area contributed by atoms with Crippen LogP contribution in [0.3, 0.4) is 0 Å². The van der Waals surface area contributed by atoms with E-state index in [2.05, 4.69) is 17.6 Å². The van der Waals surface area contributed by atoms with Gasteiger partial charge in [-0.2, -0.15) is 0 Å². The van der Waals surface area contributed by atoms with E-state index in [-0.39, 0.29) is 29.9 Å². The predicted molar refractivity (Wildman–Crippen MR) is 109 cm³/mol. The summed E-state index contributed by atoms with van der Waals surface area (Å²) in [6.45, 7) is 7.58. The summed E-state index contributed by atoms with van der Waals surface area (Å²) >= 11 is 0. The molecule has 0 radical (unpaired) electrons. The second-order valence-electron chi connectivity index (χ2n) is 7.38. The zero-order chi connectivity index (χ0) is 16.2. The average molecular weight is 448 g/mol. The highest BCUT2D eigenvalue weighted by Gasteiger charge is 2.41. The van der Waals surface area contributed by atoms with Crippen molar-refractivity contribution in [3.8, 4) is 0 Å². The van der Waals surface area contributed by atoms with Gasteiger partial charge in [0.05, 0.1) is 0 Å². The lowest BCUT2D eigenvalue weighted by molar-refractivity contribution is -0.129. The van der Waals surface area contributed by atoms with Gasteiger partial charge >= 0.3 is 0 Å². The molecule has 3 fully saturated rings. The molecule has 6 heteroatoms. The quantitative estimate of drug-likeness (QED) is 0.358. The number of nitrogens with zero attached hydrogens (tertiary/aromatic N) is 2. The van der Waals surface area contributed by atoms with E-state index in [1.165, 1.54) is 25.7 Å². The highest BCUT2D eigenvalue weighted by atomic mass is 127. The maximum Gasteiger partial charge on any atom is 0.222 e. The van der Waals surface area contributed by atoms with Crippen molar-refractivity contribution in [2.45, 2.75) is 58.4 Å². The van der Waals surface area contributed by atoms with Crippen molar-refractivity contribution in [2.75, 3.05) is 26.2 Å². The molecule has 1 heterocycles. The van der Waals surface area contributed by atoms with E-state index in [1.54, 1.807) is 0 Å². The molecule has 0 spiro atoms. The maximum absolute atomic E-state index is 11.8. The first-order valence-electron chi connectivity index (χ1n) is 9.53. The number of aliphatic imine (C=N–C) groups is 1. The summed E-state index contributed by atoms with van der Waals surface area (Å²) in [5.74, 6) is 3.90. The molecule has 1 aliphatic heterocycles. The fraction of sp³-hybridized carbons (Fsp3) is 0.889. The lowest BCUT2D eigenvalue weighted by Gasteiger charge is -2.20. The molecule has 0 bridgehead atoms. The summed E-state index contributed by atoms with van der Waals surface area (Å²) in [7, 11) is 0. The Morgan fingerprint density at radius 3 is 2.38 bits per heavy atom. The van der Waals surface area contributed by atoms with Crippen molar-refractivity contribution in [3.05, 3.63) is 0 Å². The third kappa shape index (κ3) is 5.49. The highest BCUT2D eigenvalue weighted by Crippen LogP contribution is 2.49. The molecule has 2 N–H and O–H groups in total. The summed E-state index contributed by atoms with van der Waals surface area (Å²) in [5.41, 5.74) is 0. The number of hydrogen-bond donors (Lipinski definition) is 2. The molecule has 1 atom stereocenters. The zero-order valence-electron chi connectivity index (χ0n) is 15.1. The number of carbonyl (C=O) groups is 1. The predicted octanol–water partition coefficient (Wildman–Crippen LogP) is 2.61. The Labute approximate surface area is 163 Å². The molecule has 0 aromatic heterocycles. The van der Waals surface area contributed by atoms with Gasteiger partial charge in [0.1, 0.15) is 0 Å². The van der Waals surface area contributed by atoms with Crippen molar-refractivity contribution in [1.29, 1.82) is 0 Å². The molecule has 138 valence electrons. The number of nitrogens with one attached hydrogen (secondary N) is 2. The molecule has 5 nitrogen and oxygen atoms in total. The van der Waals surface area contributed by atoms with E-state index in [0.29, 0.717) is 12.5 Å². The molecule has 2 saturated carbocycles. The largest absolute Gasteiger partial charge is 0.357 e. The molecule has 2 aliphatic carbocycles. The first-order valence-corrected chi connectivity index (χ1v) is 9.53. The summed E-state index contributed by atoms with van der Waals surface area (Å²) in [6, 6.07) is 0.337. The van der Waals surface area contributed by atoms with Gasteiger partial charge in [-0.15, -0.1) is 24.0 Å². The lowest BCUT2D eigenvalue weighted by Crippen LogP contribution is -2.45. The minimum absolute atomic E-state index is 0. The minimum Gasteiger partial charge on any atom is -0.357 e. The van der Waals surface area contributed by atoms with Crippen molar-refractivity contribution in [3.63, 3.8) is 0 Å². The number of likely N-dealkylation sites (tertiary alicyclic amines) is 1. The van der Waals surface area contributed by atoms with Crippen LogP contribution < -0.4 is 10.6 Å².